The summed E-state index contributed by atoms with van der Waals surface area (Å²) >= 11 is 0. The molecule has 0 radical (unpaired) electrons. The second-order valence-electron chi connectivity index (χ2n) is 4.72. The molecule has 1 aromatic rings. The third kappa shape index (κ3) is 3.01. The van der Waals surface area contributed by atoms with Crippen LogP contribution in [0.1, 0.15) is 30.5 Å². The molecule has 4 nitrogen and oxygen atoms in total. The number of halogens is 3. The van der Waals surface area contributed by atoms with Gasteiger partial charge in [0, 0.05) is 19.5 Å². The summed E-state index contributed by atoms with van der Waals surface area (Å²) in [5.74, 6) is -0.924. The molecule has 0 spiro atoms. The van der Waals surface area contributed by atoms with Crippen LogP contribution < -0.4 is 5.32 Å². The van der Waals surface area contributed by atoms with E-state index in [0.29, 0.717) is 0 Å². The summed E-state index contributed by atoms with van der Waals surface area (Å²) in [5.41, 5.74) is -1.08. The summed E-state index contributed by atoms with van der Waals surface area (Å²) in [6.07, 6.45) is -4.44. The van der Waals surface area contributed by atoms with Crippen LogP contribution in [-0.4, -0.2) is 29.8 Å². The molecule has 0 saturated carbocycles. The van der Waals surface area contributed by atoms with Gasteiger partial charge in [-0.2, -0.15) is 13.2 Å². The number of benzene rings is 1. The summed E-state index contributed by atoms with van der Waals surface area (Å²) in [6.45, 7) is 2.06. The number of nitrogens with one attached hydrogen (secondary N) is 1. The van der Waals surface area contributed by atoms with E-state index < -0.39 is 23.7 Å². The normalized spacial score (nSPS) is 19.3. The average Bonchev–Trinajstić information content (AvgIpc) is 2.45. The Kier molecular flexibility index (Phi) is 4.20. The lowest BCUT2D eigenvalue weighted by Crippen LogP contribution is -2.52. The first kappa shape index (κ1) is 15.3. The van der Waals surface area contributed by atoms with Crippen LogP contribution in [0.15, 0.2) is 24.3 Å². The maximum atomic E-state index is 13.1. The Hall–Kier alpha value is -2.05. The highest BCUT2D eigenvalue weighted by molar-refractivity contribution is 5.90. The van der Waals surface area contributed by atoms with Crippen molar-refractivity contribution in [3.8, 4) is 0 Å². The predicted molar refractivity (Wildman–Crippen MR) is 69.2 cm³/mol. The van der Waals surface area contributed by atoms with Crippen molar-refractivity contribution >= 4 is 11.8 Å². The zero-order valence-corrected chi connectivity index (χ0v) is 11.4. The van der Waals surface area contributed by atoms with E-state index in [1.165, 1.54) is 23.1 Å². The van der Waals surface area contributed by atoms with Crippen LogP contribution in [-0.2, 0) is 15.8 Å². The first-order chi connectivity index (χ1) is 9.86. The Balaban J connectivity index is 2.51. The molecule has 7 heteroatoms. The minimum atomic E-state index is -4.57. The van der Waals surface area contributed by atoms with Crippen molar-refractivity contribution in [2.45, 2.75) is 25.6 Å². The number of hydrogen-bond acceptors (Lipinski definition) is 2. The predicted octanol–water partition coefficient (Wildman–Crippen LogP) is 2.11. The molecule has 0 aromatic heterocycles. The van der Waals surface area contributed by atoms with Crippen molar-refractivity contribution in [1.82, 2.24) is 10.2 Å². The third-order valence-electron chi connectivity index (χ3n) is 3.40. The van der Waals surface area contributed by atoms with Gasteiger partial charge in [0.15, 0.2) is 0 Å². The molecule has 1 aliphatic rings. The van der Waals surface area contributed by atoms with Gasteiger partial charge in [0.2, 0.25) is 11.8 Å². The van der Waals surface area contributed by atoms with Crippen molar-refractivity contribution in [2.24, 2.45) is 0 Å². The van der Waals surface area contributed by atoms with Crippen LogP contribution in [0.5, 0.6) is 0 Å². The lowest BCUT2D eigenvalue weighted by atomic mass is 9.96. The van der Waals surface area contributed by atoms with Gasteiger partial charge in [0.25, 0.3) is 0 Å². The van der Waals surface area contributed by atoms with Crippen molar-refractivity contribution in [2.75, 3.05) is 13.1 Å². The second kappa shape index (κ2) is 5.75. The molecule has 1 fully saturated rings. The molecule has 1 unspecified atom stereocenters. The minimum absolute atomic E-state index is 0.137. The number of alkyl halides is 3. The van der Waals surface area contributed by atoms with Gasteiger partial charge in [-0.1, -0.05) is 25.1 Å². The van der Waals surface area contributed by atoms with Gasteiger partial charge < -0.3 is 10.2 Å². The molecule has 21 heavy (non-hydrogen) atoms. The van der Waals surface area contributed by atoms with Crippen LogP contribution in [0.25, 0.3) is 0 Å². The van der Waals surface area contributed by atoms with E-state index >= 15 is 0 Å². The lowest BCUT2D eigenvalue weighted by molar-refractivity contribution is -0.146. The number of carbonyl (C=O) groups is 2. The van der Waals surface area contributed by atoms with E-state index in [0.717, 1.165) is 6.07 Å². The fourth-order valence-electron chi connectivity index (χ4n) is 2.44. The number of carbonyl (C=O) groups excluding carboxylic acids is 2. The summed E-state index contributed by atoms with van der Waals surface area (Å²) in [4.78, 5) is 25.2. The topological polar surface area (TPSA) is 49.4 Å². The second-order valence-corrected chi connectivity index (χ2v) is 4.72. The standard InChI is InChI=1S/C14H15F3N2O2/c1-2-11(20)19-8-7-18-13(21)12(19)9-5-3-4-6-10(9)14(15,16)17/h3-6,12H,2,7-8H2,1H3,(H,18,21). The minimum Gasteiger partial charge on any atom is -0.352 e. The highest BCUT2D eigenvalue weighted by atomic mass is 19.4. The van der Waals surface area contributed by atoms with Gasteiger partial charge in [-0.15, -0.1) is 0 Å². The first-order valence-electron chi connectivity index (χ1n) is 6.59. The molecule has 1 atom stereocenters. The van der Waals surface area contributed by atoms with Crippen molar-refractivity contribution in [1.29, 1.82) is 0 Å². The van der Waals surface area contributed by atoms with Gasteiger partial charge >= 0.3 is 6.18 Å². The van der Waals surface area contributed by atoms with E-state index in [-0.39, 0.29) is 31.0 Å². The zero-order valence-electron chi connectivity index (χ0n) is 11.4. The summed E-state index contributed by atoms with van der Waals surface area (Å²) < 4.78 is 39.3. The maximum Gasteiger partial charge on any atom is 0.416 e. The van der Waals surface area contributed by atoms with Crippen LogP contribution >= 0.6 is 0 Å². The molecule has 0 bridgehead atoms. The Bertz CT molecular complexity index is 557. The molecule has 1 heterocycles. The van der Waals surface area contributed by atoms with Gasteiger partial charge in [0.05, 0.1) is 5.56 Å². The van der Waals surface area contributed by atoms with Gasteiger partial charge in [0.1, 0.15) is 6.04 Å². The molecule has 0 aliphatic carbocycles. The van der Waals surface area contributed by atoms with E-state index in [1.807, 2.05) is 0 Å². The monoisotopic (exact) mass is 300 g/mol. The smallest absolute Gasteiger partial charge is 0.352 e. The van der Waals surface area contributed by atoms with Crippen molar-refractivity contribution in [3.05, 3.63) is 35.4 Å². The molecule has 2 rings (SSSR count). The summed E-state index contributed by atoms with van der Waals surface area (Å²) in [5, 5.41) is 2.52. The lowest BCUT2D eigenvalue weighted by Gasteiger charge is -2.36. The highest BCUT2D eigenvalue weighted by Crippen LogP contribution is 2.37. The van der Waals surface area contributed by atoms with Gasteiger partial charge in [-0.05, 0) is 11.6 Å². The molecule has 1 aliphatic heterocycles. The molecule has 114 valence electrons. The number of amides is 2. The zero-order chi connectivity index (χ0) is 15.6. The van der Waals surface area contributed by atoms with E-state index in [1.54, 1.807) is 6.92 Å². The Labute approximate surface area is 119 Å². The van der Waals surface area contributed by atoms with Crippen LogP contribution in [0.2, 0.25) is 0 Å². The molecule has 1 saturated heterocycles. The van der Waals surface area contributed by atoms with E-state index in [9.17, 15) is 22.8 Å². The number of nitrogens with zero attached hydrogens (tertiary/aromatic N) is 1. The quantitative estimate of drug-likeness (QED) is 0.909. The SMILES string of the molecule is CCC(=O)N1CCNC(=O)C1c1ccccc1C(F)(F)F. The fraction of sp³-hybridized carbons (Fsp3) is 0.429. The van der Waals surface area contributed by atoms with Crippen LogP contribution in [0.3, 0.4) is 0 Å². The Morgan fingerprint density at radius 2 is 2.05 bits per heavy atom. The van der Waals surface area contributed by atoms with Crippen molar-refractivity contribution in [3.63, 3.8) is 0 Å². The molecule has 2 amide bonds. The van der Waals surface area contributed by atoms with Crippen LogP contribution in [0, 0.1) is 0 Å². The number of piperazine rings is 1. The fourth-order valence-corrected chi connectivity index (χ4v) is 2.44. The Morgan fingerprint density at radius 1 is 1.38 bits per heavy atom. The summed E-state index contributed by atoms with van der Waals surface area (Å²) in [7, 11) is 0. The summed E-state index contributed by atoms with van der Waals surface area (Å²) in [6, 6.07) is 3.63. The highest BCUT2D eigenvalue weighted by Gasteiger charge is 2.41. The largest absolute Gasteiger partial charge is 0.416 e. The molecule has 1 aromatic carbocycles. The van der Waals surface area contributed by atoms with Crippen molar-refractivity contribution < 1.29 is 22.8 Å². The maximum absolute atomic E-state index is 13.1. The number of rotatable bonds is 2. The first-order valence-corrected chi connectivity index (χ1v) is 6.59. The Morgan fingerprint density at radius 3 is 2.67 bits per heavy atom. The molecular weight excluding hydrogens is 285 g/mol. The van der Waals surface area contributed by atoms with Gasteiger partial charge in [-0.3, -0.25) is 9.59 Å². The van der Waals surface area contributed by atoms with E-state index in [2.05, 4.69) is 5.32 Å². The third-order valence-corrected chi connectivity index (χ3v) is 3.40. The molecule has 1 N–H and O–H groups in total. The van der Waals surface area contributed by atoms with Crippen LogP contribution in [0.4, 0.5) is 13.2 Å². The number of hydrogen-bond donors (Lipinski definition) is 1. The van der Waals surface area contributed by atoms with E-state index in [4.69, 9.17) is 0 Å². The average molecular weight is 300 g/mol. The molecular formula is C14H15F3N2O2. The van der Waals surface area contributed by atoms with Gasteiger partial charge in [-0.25, -0.2) is 0 Å².